The van der Waals surface area contributed by atoms with Gasteiger partial charge in [-0.25, -0.2) is 4.79 Å². The maximum Gasteiger partial charge on any atom is 0.325 e. The molecule has 1 fully saturated rings. The molecule has 3 amide bonds. The third-order valence-corrected chi connectivity index (χ3v) is 6.84. The van der Waals surface area contributed by atoms with Crippen LogP contribution in [0.5, 0.6) is 11.5 Å². The lowest BCUT2D eigenvalue weighted by molar-refractivity contribution is -0.141. The maximum atomic E-state index is 13.5. The number of amides is 3. The van der Waals surface area contributed by atoms with Crippen molar-refractivity contribution in [1.29, 1.82) is 0 Å². The van der Waals surface area contributed by atoms with Gasteiger partial charge in [0.05, 0.1) is 27.4 Å². The lowest BCUT2D eigenvalue weighted by Crippen LogP contribution is -2.49. The number of methoxy groups -OCH3 is 2. The second kappa shape index (κ2) is 13.2. The van der Waals surface area contributed by atoms with Crippen molar-refractivity contribution in [2.45, 2.75) is 45.7 Å². The number of ether oxygens (including phenoxy) is 3. The standard InChI is InChI=1S/C26H35N3O6S/c1-5-35-25(31)15-27-26(32)29(20-8-9-20)17-24(30)28(16-21-10-6-18(2)36-21)13-12-19-7-11-22(33-3)23(14-19)34-4/h6-7,10-11,14,20H,5,8-9,12-13,15-17H2,1-4H3,(H,27,32). The number of nitrogens with zero attached hydrogens (tertiary/aromatic N) is 2. The summed E-state index contributed by atoms with van der Waals surface area (Å²) in [6.45, 7) is 4.67. The molecule has 0 unspecified atom stereocenters. The molecule has 0 radical (unpaired) electrons. The molecule has 1 aliphatic rings. The summed E-state index contributed by atoms with van der Waals surface area (Å²) in [6.07, 6.45) is 2.31. The van der Waals surface area contributed by atoms with Crippen molar-refractivity contribution in [3.8, 4) is 11.5 Å². The summed E-state index contributed by atoms with van der Waals surface area (Å²) < 4.78 is 15.6. The van der Waals surface area contributed by atoms with Crippen LogP contribution in [-0.4, -0.2) is 74.2 Å². The molecule has 196 valence electrons. The van der Waals surface area contributed by atoms with Crippen LogP contribution in [0.3, 0.4) is 0 Å². The SMILES string of the molecule is CCOC(=O)CNC(=O)N(CC(=O)N(CCc1ccc(OC)c(OC)c1)Cc1ccc(C)s1)C1CC1. The molecular formula is C26H35N3O6S. The van der Waals surface area contributed by atoms with Crippen LogP contribution in [-0.2, 0) is 27.3 Å². The van der Waals surface area contributed by atoms with Gasteiger partial charge < -0.3 is 29.3 Å². The van der Waals surface area contributed by atoms with E-state index in [-0.39, 0.29) is 31.6 Å². The molecule has 0 aliphatic heterocycles. The van der Waals surface area contributed by atoms with Gasteiger partial charge in [-0.3, -0.25) is 9.59 Å². The van der Waals surface area contributed by atoms with Gasteiger partial charge in [0, 0.05) is 22.3 Å². The molecule has 0 atom stereocenters. The lowest BCUT2D eigenvalue weighted by atomic mass is 10.1. The summed E-state index contributed by atoms with van der Waals surface area (Å²) in [7, 11) is 3.19. The first-order chi connectivity index (χ1) is 17.3. The Kier molecular flexibility index (Phi) is 9.98. The molecule has 1 heterocycles. The molecule has 0 spiro atoms. The zero-order chi connectivity index (χ0) is 26.1. The van der Waals surface area contributed by atoms with Gasteiger partial charge in [-0.2, -0.15) is 0 Å². The monoisotopic (exact) mass is 517 g/mol. The fourth-order valence-corrected chi connectivity index (χ4v) is 4.72. The van der Waals surface area contributed by atoms with E-state index in [4.69, 9.17) is 14.2 Å². The number of esters is 1. The number of hydrogen-bond donors (Lipinski definition) is 1. The van der Waals surface area contributed by atoms with Crippen LogP contribution in [0.2, 0.25) is 0 Å². The van der Waals surface area contributed by atoms with Crippen molar-refractivity contribution >= 4 is 29.2 Å². The first-order valence-electron chi connectivity index (χ1n) is 12.1. The van der Waals surface area contributed by atoms with Gasteiger partial charge in [0.15, 0.2) is 11.5 Å². The number of nitrogens with one attached hydrogen (secondary N) is 1. The smallest absolute Gasteiger partial charge is 0.325 e. The van der Waals surface area contributed by atoms with Crippen LogP contribution in [0.15, 0.2) is 30.3 Å². The molecule has 1 aliphatic carbocycles. The van der Waals surface area contributed by atoms with E-state index in [1.54, 1.807) is 37.4 Å². The second-order valence-corrected chi connectivity index (χ2v) is 9.96. The summed E-state index contributed by atoms with van der Waals surface area (Å²) >= 11 is 1.65. The summed E-state index contributed by atoms with van der Waals surface area (Å²) in [6, 6.07) is 9.37. The first-order valence-corrected chi connectivity index (χ1v) is 12.9. The number of carbonyl (C=O) groups is 3. The van der Waals surface area contributed by atoms with Crippen molar-refractivity contribution in [3.05, 3.63) is 45.6 Å². The summed E-state index contributed by atoms with van der Waals surface area (Å²) in [5, 5.41) is 2.59. The highest BCUT2D eigenvalue weighted by Crippen LogP contribution is 2.29. The minimum absolute atomic E-state index is 0.00725. The number of hydrogen-bond acceptors (Lipinski definition) is 7. The average Bonchev–Trinajstić information content (AvgIpc) is 3.63. The van der Waals surface area contributed by atoms with E-state index in [0.29, 0.717) is 31.0 Å². The van der Waals surface area contributed by atoms with Crippen LogP contribution in [0, 0.1) is 6.92 Å². The first kappa shape index (κ1) is 27.3. The van der Waals surface area contributed by atoms with E-state index in [1.165, 1.54) is 9.78 Å². The fourth-order valence-electron chi connectivity index (χ4n) is 3.81. The molecule has 1 aromatic heterocycles. The third-order valence-electron chi connectivity index (χ3n) is 5.86. The lowest BCUT2D eigenvalue weighted by Gasteiger charge is -2.28. The van der Waals surface area contributed by atoms with Crippen molar-refractivity contribution in [2.24, 2.45) is 0 Å². The van der Waals surface area contributed by atoms with E-state index >= 15 is 0 Å². The molecular weight excluding hydrogens is 482 g/mol. The van der Waals surface area contributed by atoms with E-state index in [1.807, 2.05) is 37.3 Å². The highest BCUT2D eigenvalue weighted by molar-refractivity contribution is 7.11. The number of urea groups is 1. The predicted molar refractivity (Wildman–Crippen MR) is 137 cm³/mol. The Morgan fingerprint density at radius 2 is 1.83 bits per heavy atom. The van der Waals surface area contributed by atoms with Crippen LogP contribution in [0.1, 0.15) is 35.1 Å². The van der Waals surface area contributed by atoms with E-state index in [2.05, 4.69) is 5.32 Å². The van der Waals surface area contributed by atoms with Crippen LogP contribution >= 0.6 is 11.3 Å². The molecule has 0 bridgehead atoms. The highest BCUT2D eigenvalue weighted by Gasteiger charge is 2.35. The zero-order valence-electron chi connectivity index (χ0n) is 21.4. The molecule has 9 nitrogen and oxygen atoms in total. The number of aryl methyl sites for hydroxylation is 1. The quantitative estimate of drug-likeness (QED) is 0.409. The molecule has 0 saturated heterocycles. The Hall–Kier alpha value is -3.27. The molecule has 1 aromatic carbocycles. The number of benzene rings is 1. The van der Waals surface area contributed by atoms with Gasteiger partial charge in [0.1, 0.15) is 13.1 Å². The second-order valence-electron chi connectivity index (χ2n) is 8.59. The molecule has 1 saturated carbocycles. The zero-order valence-corrected chi connectivity index (χ0v) is 22.2. The molecule has 2 aromatic rings. The molecule has 36 heavy (non-hydrogen) atoms. The number of rotatable bonds is 13. The Bertz CT molecular complexity index is 1050. The van der Waals surface area contributed by atoms with Crippen molar-refractivity contribution < 1.29 is 28.6 Å². The average molecular weight is 518 g/mol. The predicted octanol–water partition coefficient (Wildman–Crippen LogP) is 3.38. The topological polar surface area (TPSA) is 97.4 Å². The van der Waals surface area contributed by atoms with Crippen molar-refractivity contribution in [3.63, 3.8) is 0 Å². The minimum atomic E-state index is -0.502. The molecule has 10 heteroatoms. The summed E-state index contributed by atoms with van der Waals surface area (Å²) in [5.74, 6) is 0.648. The normalized spacial score (nSPS) is 12.6. The largest absolute Gasteiger partial charge is 0.493 e. The van der Waals surface area contributed by atoms with Gasteiger partial charge in [-0.05, 0) is 62.9 Å². The van der Waals surface area contributed by atoms with Gasteiger partial charge in [-0.15, -0.1) is 11.3 Å². The fraction of sp³-hybridized carbons (Fsp3) is 0.500. The van der Waals surface area contributed by atoms with Gasteiger partial charge in [0.25, 0.3) is 0 Å². The third kappa shape index (κ3) is 7.87. The van der Waals surface area contributed by atoms with Gasteiger partial charge in [-0.1, -0.05) is 6.07 Å². The van der Waals surface area contributed by atoms with E-state index in [9.17, 15) is 14.4 Å². The van der Waals surface area contributed by atoms with Crippen LogP contribution < -0.4 is 14.8 Å². The molecule has 1 N–H and O–H groups in total. The van der Waals surface area contributed by atoms with E-state index in [0.717, 1.165) is 23.3 Å². The highest BCUT2D eigenvalue weighted by atomic mass is 32.1. The Morgan fingerprint density at radius 1 is 1.08 bits per heavy atom. The van der Waals surface area contributed by atoms with Crippen LogP contribution in [0.4, 0.5) is 4.79 Å². The van der Waals surface area contributed by atoms with Gasteiger partial charge in [0.2, 0.25) is 5.91 Å². The van der Waals surface area contributed by atoms with Crippen molar-refractivity contribution in [1.82, 2.24) is 15.1 Å². The number of carbonyl (C=O) groups excluding carboxylic acids is 3. The molecule has 3 rings (SSSR count). The summed E-state index contributed by atoms with van der Waals surface area (Å²) in [5.41, 5.74) is 1.01. The van der Waals surface area contributed by atoms with Crippen molar-refractivity contribution in [2.75, 3.05) is 40.5 Å². The van der Waals surface area contributed by atoms with Crippen LogP contribution in [0.25, 0.3) is 0 Å². The Morgan fingerprint density at radius 3 is 2.44 bits per heavy atom. The van der Waals surface area contributed by atoms with E-state index < -0.39 is 12.0 Å². The maximum absolute atomic E-state index is 13.5. The number of thiophene rings is 1. The Balaban J connectivity index is 1.69. The van der Waals surface area contributed by atoms with Gasteiger partial charge >= 0.3 is 12.0 Å². The minimum Gasteiger partial charge on any atom is -0.493 e. The summed E-state index contributed by atoms with van der Waals surface area (Å²) in [4.78, 5) is 43.5. The Labute approximate surface area is 216 Å².